The Morgan fingerprint density at radius 2 is 1.47 bits per heavy atom. The Balaban J connectivity index is 1.89. The molecule has 9 amide bonds. The summed E-state index contributed by atoms with van der Waals surface area (Å²) in [5.74, 6) is -9.85. The van der Waals surface area contributed by atoms with Crippen LogP contribution in [0.15, 0.2) is 36.7 Å². The predicted molar refractivity (Wildman–Crippen MR) is 274 cm³/mol. The number of amides is 9. The average molecular weight is 1050 g/mol. The first kappa shape index (κ1) is 60.6. The highest BCUT2D eigenvalue weighted by Gasteiger charge is 2.44. The lowest BCUT2D eigenvalue weighted by atomic mass is 9.96. The number of benzene rings is 1. The molecule has 0 bridgehead atoms. The Kier molecular flexibility index (Phi) is 24.1. The summed E-state index contributed by atoms with van der Waals surface area (Å²) in [5.41, 5.74) is 6.54. The standard InChI is InChI=1S/C51H78N12O12/c1-7-9-13-33(52)44(68)56-22-11-10-14-34-51(75)63(40(65)28-53-6)38(20-21-41(66)67)47(71)60-42(29(3)4)48(72)58-35(26-31-16-18-32(64)19-17-31)45(69)61-43(30(5)8-2)49(73)59-36(27-39-54-23-24-55-39)50(74)62-25-12-15-37(62)46(70)57-34/h16-19,23-24,29-30,33-38,42-43,53,64H,7-15,20-22,25-28,52H2,1-6H3,(H,54,55)(H,56,68)(H,57,70)(H,58,72)(H,59,73)(H,60,71)(H,61,69)(H,66,67)/t30-,33-,34-,35-,36-,37+,38-,42+,43+/m0/s1. The fourth-order valence-electron chi connectivity index (χ4n) is 9.04. The van der Waals surface area contributed by atoms with Gasteiger partial charge in [-0.25, -0.2) is 4.98 Å². The largest absolute Gasteiger partial charge is 0.508 e. The van der Waals surface area contributed by atoms with Crippen LogP contribution in [0.1, 0.15) is 117 Å². The Hall–Kier alpha value is -6.95. The number of aromatic amines is 1. The van der Waals surface area contributed by atoms with Gasteiger partial charge in [0.1, 0.15) is 53.9 Å². The van der Waals surface area contributed by atoms with Crippen molar-refractivity contribution in [3.05, 3.63) is 48.0 Å². The van der Waals surface area contributed by atoms with Crippen LogP contribution in [0.2, 0.25) is 0 Å². The molecular formula is C51H78N12O12. The van der Waals surface area contributed by atoms with Crippen LogP contribution in [0.25, 0.3) is 0 Å². The van der Waals surface area contributed by atoms with E-state index in [1.54, 1.807) is 27.7 Å². The number of carbonyl (C=O) groups is 10. The fraction of sp³-hybridized carbons (Fsp3) is 0.627. The number of hydrogen-bond acceptors (Lipinski definition) is 14. The molecule has 24 nitrogen and oxygen atoms in total. The van der Waals surface area contributed by atoms with Gasteiger partial charge in [0.25, 0.3) is 5.91 Å². The van der Waals surface area contributed by atoms with Gasteiger partial charge >= 0.3 is 5.97 Å². The second-order valence-electron chi connectivity index (χ2n) is 19.7. The van der Waals surface area contributed by atoms with E-state index >= 15 is 4.79 Å². The number of carboxylic acid groups (broad SMARTS) is 1. The molecule has 2 aliphatic heterocycles. The Morgan fingerprint density at radius 1 is 0.800 bits per heavy atom. The van der Waals surface area contributed by atoms with Crippen molar-refractivity contribution < 1.29 is 58.2 Å². The third kappa shape index (κ3) is 17.9. The highest BCUT2D eigenvalue weighted by Crippen LogP contribution is 2.23. The quantitative estimate of drug-likeness (QED) is 0.0712. The van der Waals surface area contributed by atoms with E-state index in [0.717, 1.165) is 12.8 Å². The zero-order valence-electron chi connectivity index (χ0n) is 43.9. The summed E-state index contributed by atoms with van der Waals surface area (Å²) < 4.78 is 0. The van der Waals surface area contributed by atoms with E-state index in [1.807, 2.05) is 6.92 Å². The number of nitrogens with zero attached hydrogens (tertiary/aromatic N) is 3. The van der Waals surface area contributed by atoms with E-state index in [9.17, 15) is 53.4 Å². The number of aromatic nitrogens is 2. The smallest absolute Gasteiger partial charge is 0.303 e. The van der Waals surface area contributed by atoms with Gasteiger partial charge < -0.3 is 63.0 Å². The zero-order chi connectivity index (χ0) is 55.4. The molecule has 2 aliphatic rings. The minimum absolute atomic E-state index is 0.0611. The summed E-state index contributed by atoms with van der Waals surface area (Å²) in [7, 11) is 1.41. The number of nitrogens with one attached hydrogen (secondary N) is 8. The highest BCUT2D eigenvalue weighted by molar-refractivity contribution is 6.05. The number of hydrogen-bond donors (Lipinski definition) is 11. The monoisotopic (exact) mass is 1050 g/mol. The van der Waals surface area contributed by atoms with Crippen LogP contribution < -0.4 is 43.0 Å². The van der Waals surface area contributed by atoms with Gasteiger partial charge in [-0.05, 0) is 81.5 Å². The van der Waals surface area contributed by atoms with Crippen LogP contribution in [-0.2, 0) is 60.8 Å². The van der Waals surface area contributed by atoms with Crippen molar-refractivity contribution in [2.75, 3.05) is 26.7 Å². The van der Waals surface area contributed by atoms with Gasteiger partial charge in [0.05, 0.1) is 12.6 Å². The first-order valence-electron chi connectivity index (χ1n) is 26.0. The van der Waals surface area contributed by atoms with E-state index in [1.165, 1.54) is 48.6 Å². The SMILES string of the molecule is CCCC[C@H](N)C(=O)NCCCC[C@@H]1NC(=O)[C@H]2CCCN2C(=O)[C@H](Cc2ncc[nH]2)NC(=O)[C@@H]([C@@H](C)CC)NC(=O)[C@H](Cc2ccc(O)cc2)NC(=O)[C@@H](C(C)C)NC(=O)[C@H](CCC(=O)O)N(C(=O)CNC)C1=O. The van der Waals surface area contributed by atoms with Gasteiger partial charge in [-0.3, -0.25) is 52.8 Å². The molecule has 2 fully saturated rings. The third-order valence-electron chi connectivity index (χ3n) is 13.6. The molecule has 4 rings (SSSR count). The molecule has 1 aromatic carbocycles. The van der Waals surface area contributed by atoms with Crippen LogP contribution in [0.4, 0.5) is 0 Å². The zero-order valence-corrected chi connectivity index (χ0v) is 43.9. The molecule has 24 heteroatoms. The molecule has 75 heavy (non-hydrogen) atoms. The molecule has 3 heterocycles. The van der Waals surface area contributed by atoms with Crippen LogP contribution in [0.3, 0.4) is 0 Å². The van der Waals surface area contributed by atoms with Gasteiger partial charge in [0.2, 0.25) is 47.3 Å². The number of imide groups is 1. The molecule has 1 aromatic heterocycles. The Labute approximate surface area is 437 Å². The molecule has 0 aliphatic carbocycles. The van der Waals surface area contributed by atoms with Crippen molar-refractivity contribution in [1.82, 2.24) is 57.0 Å². The van der Waals surface area contributed by atoms with Crippen LogP contribution in [0.5, 0.6) is 5.75 Å². The van der Waals surface area contributed by atoms with E-state index in [-0.39, 0.29) is 63.3 Å². The maximum Gasteiger partial charge on any atom is 0.303 e. The molecule has 414 valence electrons. The summed E-state index contributed by atoms with van der Waals surface area (Å²) >= 11 is 0. The van der Waals surface area contributed by atoms with E-state index < -0.39 is 133 Å². The number of nitrogens with two attached hydrogens (primary N) is 1. The first-order chi connectivity index (χ1) is 35.7. The topological polar surface area (TPSA) is 357 Å². The molecule has 0 unspecified atom stereocenters. The van der Waals surface area contributed by atoms with Crippen LogP contribution >= 0.6 is 0 Å². The lowest BCUT2D eigenvalue weighted by Gasteiger charge is -2.34. The highest BCUT2D eigenvalue weighted by atomic mass is 16.4. The van der Waals surface area contributed by atoms with Gasteiger partial charge in [-0.15, -0.1) is 0 Å². The minimum atomic E-state index is -1.86. The molecule has 2 aromatic rings. The number of unbranched alkanes of at least 4 members (excludes halogenated alkanes) is 2. The fourth-order valence-corrected chi connectivity index (χ4v) is 9.04. The molecule has 9 atom stereocenters. The van der Waals surface area contributed by atoms with Gasteiger partial charge in [0, 0.05) is 44.7 Å². The number of rotatable bonds is 21. The summed E-state index contributed by atoms with van der Waals surface area (Å²) in [6.07, 6.45) is 4.51. The third-order valence-corrected chi connectivity index (χ3v) is 13.6. The van der Waals surface area contributed by atoms with Crippen molar-refractivity contribution >= 4 is 59.1 Å². The van der Waals surface area contributed by atoms with Gasteiger partial charge in [-0.1, -0.05) is 66.0 Å². The van der Waals surface area contributed by atoms with E-state index in [0.29, 0.717) is 35.6 Å². The van der Waals surface area contributed by atoms with Gasteiger partial charge in [0.15, 0.2) is 0 Å². The van der Waals surface area contributed by atoms with Crippen molar-refractivity contribution in [1.29, 1.82) is 0 Å². The number of fused-ring (bicyclic) bond motifs is 1. The maximum atomic E-state index is 15.1. The first-order valence-corrected chi connectivity index (χ1v) is 26.0. The number of aromatic hydroxyl groups is 1. The summed E-state index contributed by atoms with van der Waals surface area (Å²) in [4.78, 5) is 151. The van der Waals surface area contributed by atoms with Crippen molar-refractivity contribution in [3.8, 4) is 5.75 Å². The normalized spacial score (nSPS) is 23.5. The number of carboxylic acids is 1. The van der Waals surface area contributed by atoms with Crippen LogP contribution in [0, 0.1) is 11.8 Å². The molecule has 0 saturated carbocycles. The van der Waals surface area contributed by atoms with Crippen molar-refractivity contribution in [3.63, 3.8) is 0 Å². The average Bonchev–Trinajstić information content (AvgIpc) is 4.09. The molecule has 0 spiro atoms. The lowest BCUT2D eigenvalue weighted by Crippen LogP contribution is -2.63. The van der Waals surface area contributed by atoms with Crippen molar-refractivity contribution in [2.45, 2.75) is 166 Å². The van der Waals surface area contributed by atoms with E-state index in [2.05, 4.69) is 47.2 Å². The predicted octanol–water partition coefficient (Wildman–Crippen LogP) is -0.357. The Morgan fingerprint density at radius 3 is 2.09 bits per heavy atom. The lowest BCUT2D eigenvalue weighted by molar-refractivity contribution is -0.155. The molecular weight excluding hydrogens is 973 g/mol. The summed E-state index contributed by atoms with van der Waals surface area (Å²) in [6.45, 7) is 8.34. The number of carbonyl (C=O) groups excluding carboxylic acids is 9. The van der Waals surface area contributed by atoms with Crippen LogP contribution in [-0.4, -0.2) is 164 Å². The minimum Gasteiger partial charge on any atom is -0.508 e. The molecule has 2 saturated heterocycles. The molecule has 12 N–H and O–H groups in total. The number of phenols is 1. The number of H-pyrrole nitrogens is 1. The van der Waals surface area contributed by atoms with E-state index in [4.69, 9.17) is 5.73 Å². The number of likely N-dealkylation sites (N-methyl/N-ethyl adjacent to an activating group) is 1. The summed E-state index contributed by atoms with van der Waals surface area (Å²) in [5, 5.41) is 39.0. The molecule has 0 radical (unpaired) electrons. The van der Waals surface area contributed by atoms with Gasteiger partial charge in [-0.2, -0.15) is 0 Å². The maximum absolute atomic E-state index is 15.1. The number of aliphatic carboxylic acids is 1. The summed E-state index contributed by atoms with van der Waals surface area (Å²) in [6, 6.07) is -5.07. The Bertz CT molecular complexity index is 2280. The van der Waals surface area contributed by atoms with Crippen molar-refractivity contribution in [2.24, 2.45) is 17.6 Å². The number of imidazole rings is 1. The second kappa shape index (κ2) is 29.8. The second-order valence-corrected chi connectivity index (χ2v) is 19.7. The number of phenolic OH excluding ortho intramolecular Hbond substituents is 1.